The summed E-state index contributed by atoms with van der Waals surface area (Å²) in [5, 5.41) is 10.5. The fourth-order valence-electron chi connectivity index (χ4n) is 1.64. The van der Waals surface area contributed by atoms with Gasteiger partial charge in [0.15, 0.2) is 0 Å². The molecule has 0 aromatic carbocycles. The van der Waals surface area contributed by atoms with Crippen LogP contribution in [0.2, 0.25) is 0 Å². The molecule has 2 aromatic rings. The number of rotatable bonds is 7. The second kappa shape index (κ2) is 6.40. The lowest BCUT2D eigenvalue weighted by Crippen LogP contribution is -2.06. The Kier molecular flexibility index (Phi) is 4.59. The van der Waals surface area contributed by atoms with E-state index in [1.807, 2.05) is 0 Å². The van der Waals surface area contributed by atoms with Crippen molar-refractivity contribution >= 4 is 5.69 Å². The largest absolute Gasteiger partial charge is 0.378 e. The average Bonchev–Trinajstić information content (AvgIpc) is 2.94. The highest BCUT2D eigenvalue weighted by Gasteiger charge is 2.07. The Morgan fingerprint density at radius 3 is 2.20 bits per heavy atom. The molecule has 0 atom stereocenters. The van der Waals surface area contributed by atoms with Gasteiger partial charge in [0.2, 0.25) is 0 Å². The Hall–Kier alpha value is -2.06. The lowest BCUT2D eigenvalue weighted by atomic mass is 10.3. The van der Waals surface area contributed by atoms with Crippen LogP contribution in [0.4, 0.5) is 23.2 Å². The maximum Gasteiger partial charge on any atom is 0.257 e. The molecule has 0 amide bonds. The third kappa shape index (κ3) is 4.25. The summed E-state index contributed by atoms with van der Waals surface area (Å²) in [6.45, 7) is -0.566. The van der Waals surface area contributed by atoms with Crippen molar-refractivity contribution in [1.82, 2.24) is 19.6 Å². The molecule has 0 radical (unpaired) electrons. The summed E-state index contributed by atoms with van der Waals surface area (Å²) in [7, 11) is 0. The van der Waals surface area contributed by atoms with Crippen LogP contribution in [-0.4, -0.2) is 32.4 Å². The van der Waals surface area contributed by atoms with Gasteiger partial charge in [0.05, 0.1) is 18.1 Å². The zero-order valence-electron chi connectivity index (χ0n) is 10.4. The molecular formula is C11H13F4N5. The summed E-state index contributed by atoms with van der Waals surface area (Å²) in [6.07, 6.45) is 0.933. The fraction of sp³-hybridized carbons (Fsp3) is 0.455. The summed E-state index contributed by atoms with van der Waals surface area (Å²) in [4.78, 5) is 0. The van der Waals surface area contributed by atoms with Crippen LogP contribution in [0.5, 0.6) is 0 Å². The van der Waals surface area contributed by atoms with Crippen molar-refractivity contribution in [2.45, 2.75) is 32.5 Å². The molecule has 0 fully saturated rings. The minimum Gasteiger partial charge on any atom is -0.378 e. The zero-order valence-corrected chi connectivity index (χ0v) is 10.4. The van der Waals surface area contributed by atoms with E-state index in [-0.39, 0.29) is 0 Å². The van der Waals surface area contributed by atoms with Crippen LogP contribution in [0.25, 0.3) is 0 Å². The molecule has 0 spiro atoms. The maximum absolute atomic E-state index is 12.1. The van der Waals surface area contributed by atoms with Crippen molar-refractivity contribution in [2.24, 2.45) is 0 Å². The standard InChI is InChI=1S/C11H13F4N5/c12-10(13)6-19-4-8(2-17-19)1-16-9-3-18-20(5-9)7-11(14)15/h2-5,10-11,16H,1,6-7H2. The van der Waals surface area contributed by atoms with Gasteiger partial charge in [-0.05, 0) is 0 Å². The molecule has 0 saturated heterocycles. The summed E-state index contributed by atoms with van der Waals surface area (Å²) in [6, 6.07) is 0. The number of alkyl halides is 4. The van der Waals surface area contributed by atoms with Crippen LogP contribution in [0.1, 0.15) is 5.56 Å². The Morgan fingerprint density at radius 2 is 1.55 bits per heavy atom. The van der Waals surface area contributed by atoms with E-state index in [1.165, 1.54) is 24.8 Å². The predicted octanol–water partition coefficient (Wildman–Crippen LogP) is 2.22. The molecule has 0 bridgehead atoms. The highest BCUT2D eigenvalue weighted by molar-refractivity contribution is 5.38. The molecule has 9 heteroatoms. The topological polar surface area (TPSA) is 47.7 Å². The third-order valence-corrected chi connectivity index (χ3v) is 2.47. The summed E-state index contributed by atoms with van der Waals surface area (Å²) < 4.78 is 50.8. The SMILES string of the molecule is FC(F)Cn1cc(CNc2cnn(CC(F)F)c2)cn1. The van der Waals surface area contributed by atoms with E-state index >= 15 is 0 Å². The molecule has 0 unspecified atom stereocenters. The van der Waals surface area contributed by atoms with Crippen LogP contribution in [-0.2, 0) is 19.6 Å². The van der Waals surface area contributed by atoms with Crippen molar-refractivity contribution in [1.29, 1.82) is 0 Å². The predicted molar refractivity (Wildman–Crippen MR) is 63.8 cm³/mol. The first-order valence-corrected chi connectivity index (χ1v) is 5.87. The Balaban J connectivity index is 1.85. The van der Waals surface area contributed by atoms with Crippen LogP contribution in [0.3, 0.4) is 0 Å². The normalized spacial score (nSPS) is 11.5. The van der Waals surface area contributed by atoms with Gasteiger partial charge in [0.1, 0.15) is 13.1 Å². The molecule has 0 aliphatic carbocycles. The highest BCUT2D eigenvalue weighted by atomic mass is 19.3. The molecule has 2 heterocycles. The minimum atomic E-state index is -2.46. The quantitative estimate of drug-likeness (QED) is 0.796. The van der Waals surface area contributed by atoms with Crippen LogP contribution < -0.4 is 5.32 Å². The van der Waals surface area contributed by atoms with Gasteiger partial charge in [-0.3, -0.25) is 9.36 Å². The first-order chi connectivity index (χ1) is 9.52. The molecule has 5 nitrogen and oxygen atoms in total. The molecular weight excluding hydrogens is 278 g/mol. The van der Waals surface area contributed by atoms with Crippen LogP contribution in [0.15, 0.2) is 24.8 Å². The average molecular weight is 291 g/mol. The van der Waals surface area contributed by atoms with E-state index in [1.54, 1.807) is 0 Å². The molecule has 110 valence electrons. The van der Waals surface area contributed by atoms with Gasteiger partial charge in [0, 0.05) is 24.5 Å². The Bertz CT molecular complexity index is 488. The molecule has 0 saturated carbocycles. The van der Waals surface area contributed by atoms with Crippen LogP contribution >= 0.6 is 0 Å². The molecule has 20 heavy (non-hydrogen) atoms. The van der Waals surface area contributed by atoms with Crippen molar-refractivity contribution in [3.05, 3.63) is 30.4 Å². The van der Waals surface area contributed by atoms with Crippen molar-refractivity contribution < 1.29 is 17.6 Å². The molecule has 0 aliphatic heterocycles. The number of anilines is 1. The first kappa shape index (κ1) is 14.4. The Labute approximate surface area is 112 Å². The van der Waals surface area contributed by atoms with E-state index in [9.17, 15) is 17.6 Å². The van der Waals surface area contributed by atoms with Gasteiger partial charge in [-0.15, -0.1) is 0 Å². The Morgan fingerprint density at radius 1 is 0.950 bits per heavy atom. The van der Waals surface area contributed by atoms with E-state index in [0.29, 0.717) is 17.8 Å². The van der Waals surface area contributed by atoms with E-state index in [2.05, 4.69) is 15.5 Å². The molecule has 1 N–H and O–H groups in total. The highest BCUT2D eigenvalue weighted by Crippen LogP contribution is 2.09. The molecule has 2 aromatic heterocycles. The lowest BCUT2D eigenvalue weighted by Gasteiger charge is -2.01. The number of halogens is 4. The van der Waals surface area contributed by atoms with Gasteiger partial charge in [0.25, 0.3) is 12.9 Å². The summed E-state index contributed by atoms with van der Waals surface area (Å²) in [5.41, 5.74) is 1.29. The molecule has 2 rings (SSSR count). The van der Waals surface area contributed by atoms with Gasteiger partial charge >= 0.3 is 0 Å². The van der Waals surface area contributed by atoms with E-state index in [4.69, 9.17) is 0 Å². The summed E-state index contributed by atoms with van der Waals surface area (Å²) in [5.74, 6) is 0. The van der Waals surface area contributed by atoms with Gasteiger partial charge < -0.3 is 5.32 Å². The van der Waals surface area contributed by atoms with Crippen molar-refractivity contribution in [2.75, 3.05) is 5.32 Å². The summed E-state index contributed by atoms with van der Waals surface area (Å²) >= 11 is 0. The third-order valence-electron chi connectivity index (χ3n) is 2.47. The number of nitrogens with zero attached hydrogens (tertiary/aromatic N) is 4. The minimum absolute atomic E-state index is 0.351. The van der Waals surface area contributed by atoms with E-state index in [0.717, 1.165) is 9.36 Å². The monoisotopic (exact) mass is 291 g/mol. The zero-order chi connectivity index (χ0) is 14.5. The first-order valence-electron chi connectivity index (χ1n) is 5.87. The fourth-order valence-corrected chi connectivity index (χ4v) is 1.64. The van der Waals surface area contributed by atoms with Crippen molar-refractivity contribution in [3.8, 4) is 0 Å². The van der Waals surface area contributed by atoms with Crippen LogP contribution in [0, 0.1) is 0 Å². The number of hydrogen-bond acceptors (Lipinski definition) is 3. The van der Waals surface area contributed by atoms with Gasteiger partial charge in [-0.2, -0.15) is 10.2 Å². The lowest BCUT2D eigenvalue weighted by molar-refractivity contribution is 0.121. The molecule has 0 aliphatic rings. The van der Waals surface area contributed by atoms with Gasteiger partial charge in [-0.1, -0.05) is 0 Å². The number of hydrogen-bond donors (Lipinski definition) is 1. The second-order valence-corrected chi connectivity index (χ2v) is 4.16. The second-order valence-electron chi connectivity index (χ2n) is 4.16. The number of aromatic nitrogens is 4. The van der Waals surface area contributed by atoms with Crippen molar-refractivity contribution in [3.63, 3.8) is 0 Å². The van der Waals surface area contributed by atoms with E-state index < -0.39 is 25.9 Å². The smallest absolute Gasteiger partial charge is 0.257 e. The number of nitrogens with one attached hydrogen (secondary N) is 1. The maximum atomic E-state index is 12.1. The van der Waals surface area contributed by atoms with Gasteiger partial charge in [-0.25, -0.2) is 17.6 Å².